The molecule has 4 aromatic rings. The minimum Gasteiger partial charge on any atom is -0.284 e. The number of nitrogens with zero attached hydrogens (tertiary/aromatic N) is 2. The summed E-state index contributed by atoms with van der Waals surface area (Å²) in [5, 5.41) is 1.09. The summed E-state index contributed by atoms with van der Waals surface area (Å²) in [5.41, 5.74) is 2.63. The first kappa shape index (κ1) is 24.3. The van der Waals surface area contributed by atoms with Crippen LogP contribution in [0.2, 0.25) is 5.02 Å². The van der Waals surface area contributed by atoms with Crippen molar-refractivity contribution in [1.82, 2.24) is 4.98 Å². The summed E-state index contributed by atoms with van der Waals surface area (Å²) in [4.78, 5) is 19.6. The third-order valence-corrected chi connectivity index (χ3v) is 8.73. The maximum atomic E-state index is 13.3. The van der Waals surface area contributed by atoms with Crippen molar-refractivity contribution in [3.8, 4) is 0 Å². The zero-order valence-corrected chi connectivity index (χ0v) is 20.8. The van der Waals surface area contributed by atoms with Gasteiger partial charge >= 0.3 is 0 Å². The largest absolute Gasteiger partial charge is 0.284 e. The number of carbonyl (C=O) groups excluding carboxylic acids is 1. The van der Waals surface area contributed by atoms with E-state index < -0.39 is 15.7 Å². The lowest BCUT2D eigenvalue weighted by molar-refractivity contribution is -0.118. The van der Waals surface area contributed by atoms with Crippen LogP contribution in [-0.4, -0.2) is 25.1 Å². The summed E-state index contributed by atoms with van der Waals surface area (Å²) < 4.78 is 39.1. The highest BCUT2D eigenvalue weighted by Crippen LogP contribution is 2.36. The second kappa shape index (κ2) is 10.2. The predicted octanol–water partition coefficient (Wildman–Crippen LogP) is 6.18. The van der Waals surface area contributed by atoms with Crippen molar-refractivity contribution in [1.29, 1.82) is 0 Å². The molecule has 9 heteroatoms. The number of thiazole rings is 1. The smallest absolute Gasteiger partial charge is 0.229 e. The molecule has 1 amide bonds. The number of fused-ring (bicyclic) bond motifs is 1. The fourth-order valence-electron chi connectivity index (χ4n) is 3.54. The van der Waals surface area contributed by atoms with Crippen LogP contribution in [0.1, 0.15) is 24.0 Å². The van der Waals surface area contributed by atoms with Crippen molar-refractivity contribution in [2.45, 2.75) is 31.2 Å². The van der Waals surface area contributed by atoms with E-state index >= 15 is 0 Å². The summed E-state index contributed by atoms with van der Waals surface area (Å²) in [6, 6.07) is 17.9. The van der Waals surface area contributed by atoms with E-state index in [-0.39, 0.29) is 29.4 Å². The van der Waals surface area contributed by atoms with Gasteiger partial charge in [0.15, 0.2) is 15.0 Å². The quantitative estimate of drug-likeness (QED) is 0.262. The van der Waals surface area contributed by atoms with Crippen molar-refractivity contribution in [2.24, 2.45) is 0 Å². The molecule has 0 aliphatic carbocycles. The Morgan fingerprint density at radius 1 is 1.06 bits per heavy atom. The molecule has 0 saturated heterocycles. The van der Waals surface area contributed by atoms with Gasteiger partial charge in [0.2, 0.25) is 5.91 Å². The van der Waals surface area contributed by atoms with Gasteiger partial charge in [-0.2, -0.15) is 0 Å². The van der Waals surface area contributed by atoms with Gasteiger partial charge in [-0.15, -0.1) is 0 Å². The van der Waals surface area contributed by atoms with Crippen LogP contribution in [0, 0.1) is 12.7 Å². The number of hydrogen-bond donors (Lipinski definition) is 0. The Hall–Kier alpha value is -2.81. The Balaban J connectivity index is 1.55. The molecule has 4 rings (SSSR count). The number of rotatable bonds is 8. The van der Waals surface area contributed by atoms with E-state index in [1.165, 1.54) is 23.5 Å². The number of hydrogen-bond acceptors (Lipinski definition) is 5. The van der Waals surface area contributed by atoms with Crippen LogP contribution in [0.15, 0.2) is 71.6 Å². The number of halogens is 2. The molecule has 34 heavy (non-hydrogen) atoms. The normalized spacial score (nSPS) is 11.6. The summed E-state index contributed by atoms with van der Waals surface area (Å²) >= 11 is 7.70. The molecule has 3 aromatic carbocycles. The Labute approximate surface area is 206 Å². The van der Waals surface area contributed by atoms with Crippen molar-refractivity contribution >= 4 is 54.0 Å². The van der Waals surface area contributed by atoms with Gasteiger partial charge in [-0.05, 0) is 54.8 Å². The van der Waals surface area contributed by atoms with Gasteiger partial charge in [-0.25, -0.2) is 17.8 Å². The maximum Gasteiger partial charge on any atom is 0.229 e. The molecule has 1 aromatic heterocycles. The molecule has 0 atom stereocenters. The summed E-state index contributed by atoms with van der Waals surface area (Å²) in [6.45, 7) is 2.24. The first-order chi connectivity index (χ1) is 16.2. The average Bonchev–Trinajstić information content (AvgIpc) is 3.27. The third-order valence-electron chi connectivity index (χ3n) is 5.38. The lowest BCUT2D eigenvalue weighted by atomic mass is 10.2. The Morgan fingerprint density at radius 2 is 1.76 bits per heavy atom. The Bertz CT molecular complexity index is 1380. The highest BCUT2D eigenvalue weighted by molar-refractivity contribution is 7.91. The monoisotopic (exact) mass is 516 g/mol. The van der Waals surface area contributed by atoms with E-state index in [2.05, 4.69) is 4.98 Å². The zero-order chi connectivity index (χ0) is 24.3. The van der Waals surface area contributed by atoms with Crippen LogP contribution in [0.3, 0.4) is 0 Å². The molecule has 0 unspecified atom stereocenters. The predicted molar refractivity (Wildman–Crippen MR) is 135 cm³/mol. The molecule has 0 N–H and O–H groups in total. The van der Waals surface area contributed by atoms with Gasteiger partial charge in [0, 0.05) is 6.42 Å². The topological polar surface area (TPSA) is 67.3 Å². The number of aryl methyl sites for hydroxylation is 1. The first-order valence-corrected chi connectivity index (χ1v) is 13.5. The Kier molecular flexibility index (Phi) is 7.30. The molecule has 0 spiro atoms. The minimum atomic E-state index is -3.62. The lowest BCUT2D eigenvalue weighted by Crippen LogP contribution is -2.30. The van der Waals surface area contributed by atoms with Crippen LogP contribution in [0.25, 0.3) is 10.2 Å². The lowest BCUT2D eigenvalue weighted by Gasteiger charge is -2.20. The van der Waals surface area contributed by atoms with Crippen LogP contribution < -0.4 is 4.90 Å². The first-order valence-electron chi connectivity index (χ1n) is 10.6. The zero-order valence-electron chi connectivity index (χ0n) is 18.4. The summed E-state index contributed by atoms with van der Waals surface area (Å²) in [6.07, 6.45) is 0.157. The minimum absolute atomic E-state index is 0.0237. The van der Waals surface area contributed by atoms with Crippen molar-refractivity contribution in [2.75, 3.05) is 10.7 Å². The Morgan fingerprint density at radius 3 is 2.44 bits per heavy atom. The van der Waals surface area contributed by atoms with E-state index in [9.17, 15) is 17.6 Å². The van der Waals surface area contributed by atoms with Gasteiger partial charge in [0.05, 0.1) is 32.4 Å². The van der Waals surface area contributed by atoms with Gasteiger partial charge in [-0.3, -0.25) is 9.69 Å². The van der Waals surface area contributed by atoms with Crippen molar-refractivity contribution in [3.05, 3.63) is 88.7 Å². The van der Waals surface area contributed by atoms with Gasteiger partial charge < -0.3 is 0 Å². The average molecular weight is 517 g/mol. The van der Waals surface area contributed by atoms with Crippen LogP contribution in [0.5, 0.6) is 0 Å². The number of anilines is 1. The second-order valence-electron chi connectivity index (χ2n) is 7.88. The van der Waals surface area contributed by atoms with Crippen LogP contribution in [-0.2, 0) is 21.2 Å². The maximum absolute atomic E-state index is 13.3. The third kappa shape index (κ3) is 5.46. The highest BCUT2D eigenvalue weighted by Gasteiger charge is 2.23. The van der Waals surface area contributed by atoms with E-state index in [1.807, 2.05) is 49.4 Å². The van der Waals surface area contributed by atoms with E-state index in [0.717, 1.165) is 33.5 Å². The molecule has 0 aliphatic rings. The summed E-state index contributed by atoms with van der Waals surface area (Å²) in [5.74, 6) is -0.947. The molecule has 0 saturated carbocycles. The van der Waals surface area contributed by atoms with E-state index in [4.69, 9.17) is 11.6 Å². The number of carbonyl (C=O) groups is 1. The van der Waals surface area contributed by atoms with Gasteiger partial charge in [0.25, 0.3) is 0 Å². The molecule has 5 nitrogen and oxygen atoms in total. The van der Waals surface area contributed by atoms with Gasteiger partial charge in [-0.1, -0.05) is 59.3 Å². The van der Waals surface area contributed by atoms with E-state index in [1.54, 1.807) is 4.90 Å². The molecule has 1 heterocycles. The molecular weight excluding hydrogens is 495 g/mol. The molecule has 0 bridgehead atoms. The molecule has 0 aliphatic heterocycles. The van der Waals surface area contributed by atoms with Crippen molar-refractivity contribution in [3.63, 3.8) is 0 Å². The van der Waals surface area contributed by atoms with Crippen LogP contribution >= 0.6 is 22.9 Å². The fourth-order valence-corrected chi connectivity index (χ4v) is 6.19. The molecular formula is C25H22ClFN2O3S2. The SMILES string of the molecule is Cc1ccc(Cl)c2sc(N(Cc3ccccc3)C(=O)CCCS(=O)(=O)c3ccc(F)cc3)nc12. The standard InChI is InChI=1S/C25H22ClFN2O3S2/c1-17-9-14-21(26)24-23(17)28-25(33-24)29(16-18-6-3-2-4-7-18)22(30)8-5-15-34(31,32)20-12-10-19(27)11-13-20/h2-4,6-7,9-14H,5,8,15-16H2,1H3. The number of amides is 1. The number of aromatic nitrogens is 1. The van der Waals surface area contributed by atoms with Gasteiger partial charge in [0.1, 0.15) is 5.82 Å². The number of benzene rings is 3. The molecule has 0 fully saturated rings. The van der Waals surface area contributed by atoms with Crippen molar-refractivity contribution < 1.29 is 17.6 Å². The van der Waals surface area contributed by atoms with E-state index in [0.29, 0.717) is 16.7 Å². The molecule has 0 radical (unpaired) electrons. The highest BCUT2D eigenvalue weighted by atomic mass is 35.5. The van der Waals surface area contributed by atoms with Crippen LogP contribution in [0.4, 0.5) is 9.52 Å². The molecule has 176 valence electrons. The number of sulfone groups is 1. The fraction of sp³-hybridized carbons (Fsp3) is 0.200. The second-order valence-corrected chi connectivity index (χ2v) is 11.4. The summed E-state index contributed by atoms with van der Waals surface area (Å²) in [7, 11) is -3.62.